The van der Waals surface area contributed by atoms with E-state index in [2.05, 4.69) is 59.2 Å². The molecule has 0 amide bonds. The third kappa shape index (κ3) is 2.87. The Labute approximate surface area is 129 Å². The lowest BCUT2D eigenvalue weighted by atomic mass is 10.1. The normalized spacial score (nSPS) is 11.3. The average Bonchev–Trinajstić information content (AvgIpc) is 3.10. The minimum absolute atomic E-state index is 0.911. The van der Waals surface area contributed by atoms with Crippen molar-refractivity contribution in [1.82, 2.24) is 14.9 Å². The molecular weight excluding hydrogens is 278 g/mol. The van der Waals surface area contributed by atoms with Crippen molar-refractivity contribution in [2.24, 2.45) is 0 Å². The molecule has 0 atom stereocenters. The Bertz CT molecular complexity index is 727. The van der Waals surface area contributed by atoms with Crippen LogP contribution < -0.4 is 5.32 Å². The first-order valence-electron chi connectivity index (χ1n) is 7.53. The first-order chi connectivity index (χ1) is 10.3. The average molecular weight is 299 g/mol. The number of nitrogens with one attached hydrogen (secondary N) is 1. The Hall–Kier alpha value is -1.65. The van der Waals surface area contributed by atoms with E-state index in [-0.39, 0.29) is 0 Å². The molecule has 0 saturated carbocycles. The fraction of sp³-hybridized carbons (Fsp3) is 0.353. The molecule has 1 N–H and O–H groups in total. The van der Waals surface area contributed by atoms with Crippen LogP contribution in [0.1, 0.15) is 30.1 Å². The summed E-state index contributed by atoms with van der Waals surface area (Å²) in [7, 11) is 0. The predicted octanol–water partition coefficient (Wildman–Crippen LogP) is 3.82. The van der Waals surface area contributed by atoms with Gasteiger partial charge in [-0.15, -0.1) is 11.3 Å². The fourth-order valence-electron chi connectivity index (χ4n) is 2.67. The highest BCUT2D eigenvalue weighted by Crippen LogP contribution is 2.32. The van der Waals surface area contributed by atoms with Crippen LogP contribution in [0.2, 0.25) is 0 Å². The van der Waals surface area contributed by atoms with Crippen LogP contribution in [0.5, 0.6) is 0 Å². The van der Waals surface area contributed by atoms with E-state index >= 15 is 0 Å². The second-order valence-electron chi connectivity index (χ2n) is 5.11. The molecule has 4 heteroatoms. The van der Waals surface area contributed by atoms with E-state index in [0.29, 0.717) is 0 Å². The molecule has 21 heavy (non-hydrogen) atoms. The summed E-state index contributed by atoms with van der Waals surface area (Å²) in [6.07, 6.45) is 4.96. The molecule has 110 valence electrons. The smallest absolute Gasteiger partial charge is 0.108 e. The maximum atomic E-state index is 4.44. The quantitative estimate of drug-likeness (QED) is 0.750. The molecule has 0 aliphatic carbocycles. The second kappa shape index (κ2) is 6.41. The molecule has 0 unspecified atom stereocenters. The Kier molecular flexibility index (Phi) is 4.36. The SMILES string of the molecule is CCNCc1sc2ccccc2c1Cn1ccnc1CC. The van der Waals surface area contributed by atoms with E-state index in [4.69, 9.17) is 0 Å². The van der Waals surface area contributed by atoms with Gasteiger partial charge in [-0.3, -0.25) is 0 Å². The Morgan fingerprint density at radius 1 is 1.24 bits per heavy atom. The monoisotopic (exact) mass is 299 g/mol. The molecule has 1 aromatic carbocycles. The van der Waals surface area contributed by atoms with Crippen LogP contribution in [0.4, 0.5) is 0 Å². The van der Waals surface area contributed by atoms with Gasteiger partial charge in [-0.25, -0.2) is 4.98 Å². The summed E-state index contributed by atoms with van der Waals surface area (Å²) in [5.41, 5.74) is 1.43. The van der Waals surface area contributed by atoms with Gasteiger partial charge < -0.3 is 9.88 Å². The molecule has 0 radical (unpaired) electrons. The zero-order chi connectivity index (χ0) is 14.7. The van der Waals surface area contributed by atoms with Crippen LogP contribution in [-0.4, -0.2) is 16.1 Å². The molecule has 3 aromatic rings. The third-order valence-corrected chi connectivity index (χ3v) is 4.98. The Morgan fingerprint density at radius 3 is 2.90 bits per heavy atom. The number of benzene rings is 1. The van der Waals surface area contributed by atoms with Crippen LogP contribution in [0.15, 0.2) is 36.7 Å². The van der Waals surface area contributed by atoms with Gasteiger partial charge in [0.25, 0.3) is 0 Å². The first kappa shape index (κ1) is 14.3. The number of hydrogen-bond donors (Lipinski definition) is 1. The van der Waals surface area contributed by atoms with Crippen molar-refractivity contribution in [3.8, 4) is 0 Å². The van der Waals surface area contributed by atoms with Crippen molar-refractivity contribution in [3.05, 3.63) is 52.9 Å². The molecule has 0 aliphatic heterocycles. The molecule has 0 bridgehead atoms. The van der Waals surface area contributed by atoms with E-state index in [1.165, 1.54) is 20.5 Å². The van der Waals surface area contributed by atoms with Gasteiger partial charge in [0.1, 0.15) is 5.82 Å². The van der Waals surface area contributed by atoms with Crippen LogP contribution in [0.3, 0.4) is 0 Å². The van der Waals surface area contributed by atoms with Gasteiger partial charge in [-0.2, -0.15) is 0 Å². The van der Waals surface area contributed by atoms with Crippen molar-refractivity contribution in [2.45, 2.75) is 33.4 Å². The van der Waals surface area contributed by atoms with Crippen LogP contribution in [-0.2, 0) is 19.5 Å². The summed E-state index contributed by atoms with van der Waals surface area (Å²) in [6, 6.07) is 8.70. The number of imidazole rings is 1. The molecule has 0 saturated heterocycles. The van der Waals surface area contributed by atoms with E-state index in [0.717, 1.165) is 31.9 Å². The number of nitrogens with zero attached hydrogens (tertiary/aromatic N) is 2. The number of aromatic nitrogens is 2. The first-order valence-corrected chi connectivity index (χ1v) is 8.35. The molecule has 0 spiro atoms. The summed E-state index contributed by atoms with van der Waals surface area (Å²) in [5.74, 6) is 1.15. The Morgan fingerprint density at radius 2 is 2.10 bits per heavy atom. The minimum atomic E-state index is 0.911. The molecule has 3 nitrogen and oxygen atoms in total. The zero-order valence-corrected chi connectivity index (χ0v) is 13.4. The van der Waals surface area contributed by atoms with Gasteiger partial charge >= 0.3 is 0 Å². The lowest BCUT2D eigenvalue weighted by Crippen LogP contribution is -2.13. The molecule has 3 rings (SSSR count). The molecule has 0 aliphatic rings. The van der Waals surface area contributed by atoms with Crippen LogP contribution >= 0.6 is 11.3 Å². The zero-order valence-electron chi connectivity index (χ0n) is 12.6. The van der Waals surface area contributed by atoms with Crippen LogP contribution in [0, 0.1) is 0 Å². The van der Waals surface area contributed by atoms with Gasteiger partial charge in [0.15, 0.2) is 0 Å². The lowest BCUT2D eigenvalue weighted by Gasteiger charge is -2.09. The van der Waals surface area contributed by atoms with Crippen molar-refractivity contribution < 1.29 is 0 Å². The maximum Gasteiger partial charge on any atom is 0.108 e. The summed E-state index contributed by atoms with van der Waals surface area (Å²) in [6.45, 7) is 7.16. The van der Waals surface area contributed by atoms with Crippen LogP contribution in [0.25, 0.3) is 10.1 Å². The molecular formula is C17H21N3S. The fourth-order valence-corrected chi connectivity index (χ4v) is 3.86. The number of hydrogen-bond acceptors (Lipinski definition) is 3. The highest BCUT2D eigenvalue weighted by molar-refractivity contribution is 7.19. The summed E-state index contributed by atoms with van der Waals surface area (Å²) < 4.78 is 3.64. The van der Waals surface area contributed by atoms with E-state index in [1.807, 2.05) is 17.5 Å². The molecule has 2 heterocycles. The highest BCUT2D eigenvalue weighted by atomic mass is 32.1. The molecule has 0 fully saturated rings. The highest BCUT2D eigenvalue weighted by Gasteiger charge is 2.13. The number of thiophene rings is 1. The van der Waals surface area contributed by atoms with Crippen molar-refractivity contribution >= 4 is 21.4 Å². The molecule has 2 aromatic heterocycles. The standard InChI is InChI=1S/C17H21N3S/c1-3-17-19-9-10-20(17)12-14-13-7-5-6-8-15(13)21-16(14)11-18-4-2/h5-10,18H,3-4,11-12H2,1-2H3. The summed E-state index contributed by atoms with van der Waals surface area (Å²) in [4.78, 5) is 5.88. The van der Waals surface area contributed by atoms with Gasteiger partial charge in [0.05, 0.1) is 6.54 Å². The number of aryl methyl sites for hydroxylation is 1. The summed E-state index contributed by atoms with van der Waals surface area (Å²) in [5, 5.41) is 4.84. The lowest BCUT2D eigenvalue weighted by molar-refractivity contribution is 0.705. The largest absolute Gasteiger partial charge is 0.330 e. The Balaban J connectivity index is 2.02. The third-order valence-electron chi connectivity index (χ3n) is 3.76. The van der Waals surface area contributed by atoms with Crippen molar-refractivity contribution in [1.29, 1.82) is 0 Å². The minimum Gasteiger partial charge on any atom is -0.330 e. The number of rotatable bonds is 6. The summed E-state index contributed by atoms with van der Waals surface area (Å²) >= 11 is 1.90. The van der Waals surface area contributed by atoms with E-state index in [1.54, 1.807) is 0 Å². The predicted molar refractivity (Wildman–Crippen MR) is 89.9 cm³/mol. The van der Waals surface area contributed by atoms with Crippen molar-refractivity contribution in [3.63, 3.8) is 0 Å². The maximum absolute atomic E-state index is 4.44. The second-order valence-corrected chi connectivity index (χ2v) is 6.24. The number of fused-ring (bicyclic) bond motifs is 1. The van der Waals surface area contributed by atoms with E-state index < -0.39 is 0 Å². The van der Waals surface area contributed by atoms with Gasteiger partial charge in [-0.1, -0.05) is 32.0 Å². The topological polar surface area (TPSA) is 29.9 Å². The van der Waals surface area contributed by atoms with Crippen molar-refractivity contribution in [2.75, 3.05) is 6.54 Å². The van der Waals surface area contributed by atoms with E-state index in [9.17, 15) is 0 Å². The van der Waals surface area contributed by atoms with Gasteiger partial charge in [0.2, 0.25) is 0 Å². The van der Waals surface area contributed by atoms with Gasteiger partial charge in [-0.05, 0) is 23.6 Å². The van der Waals surface area contributed by atoms with Gasteiger partial charge in [0, 0.05) is 34.9 Å².